The lowest BCUT2D eigenvalue weighted by molar-refractivity contribution is -0.135. The smallest absolute Gasteiger partial charge is 0.318 e. The largest absolute Gasteiger partial charge is 0.491 e. The van der Waals surface area contributed by atoms with Gasteiger partial charge in [0.05, 0.1) is 6.04 Å². The van der Waals surface area contributed by atoms with Gasteiger partial charge in [0, 0.05) is 29.0 Å². The second-order valence-electron chi connectivity index (χ2n) is 8.03. The Balaban J connectivity index is 1.75. The second-order valence-corrected chi connectivity index (χ2v) is 9.47. The molecule has 0 saturated carbocycles. The lowest BCUT2D eigenvalue weighted by Crippen LogP contribution is -2.52. The first kappa shape index (κ1) is 24.4. The SMILES string of the molecule is CCCNC(=O)N(CC(=O)N1CCc2sccc2[C@H]1COc1ccc(Cl)cc1)[C@H](C)CC. The van der Waals surface area contributed by atoms with Gasteiger partial charge < -0.3 is 19.9 Å². The Labute approximate surface area is 199 Å². The van der Waals surface area contributed by atoms with Crippen LogP contribution in [0.4, 0.5) is 4.79 Å². The van der Waals surface area contributed by atoms with Gasteiger partial charge >= 0.3 is 6.03 Å². The Morgan fingerprint density at radius 2 is 2.03 bits per heavy atom. The average Bonchev–Trinajstić information content (AvgIpc) is 3.29. The third-order valence-corrected chi connectivity index (χ3v) is 7.10. The fourth-order valence-electron chi connectivity index (χ4n) is 3.80. The van der Waals surface area contributed by atoms with Gasteiger partial charge in [-0.3, -0.25) is 4.79 Å². The molecule has 32 heavy (non-hydrogen) atoms. The first-order valence-electron chi connectivity index (χ1n) is 11.2. The van der Waals surface area contributed by atoms with Gasteiger partial charge in [-0.2, -0.15) is 0 Å². The Kier molecular flexibility index (Phi) is 8.82. The molecule has 6 nitrogen and oxygen atoms in total. The number of hydrogen-bond donors (Lipinski definition) is 1. The predicted molar refractivity (Wildman–Crippen MR) is 130 cm³/mol. The first-order chi connectivity index (χ1) is 15.4. The molecule has 1 aliphatic heterocycles. The maximum Gasteiger partial charge on any atom is 0.318 e. The molecule has 2 heterocycles. The molecule has 1 aliphatic rings. The molecule has 174 valence electrons. The molecule has 3 amide bonds. The van der Waals surface area contributed by atoms with Crippen LogP contribution < -0.4 is 10.1 Å². The Hall–Kier alpha value is -2.25. The molecule has 0 fully saturated rings. The third-order valence-electron chi connectivity index (χ3n) is 5.85. The summed E-state index contributed by atoms with van der Waals surface area (Å²) in [6, 6.07) is 8.91. The van der Waals surface area contributed by atoms with Crippen molar-refractivity contribution in [1.82, 2.24) is 15.1 Å². The molecular formula is C24H32ClN3O3S. The van der Waals surface area contributed by atoms with E-state index in [2.05, 4.69) is 16.8 Å². The van der Waals surface area contributed by atoms with Crippen LogP contribution in [-0.2, 0) is 11.2 Å². The summed E-state index contributed by atoms with van der Waals surface area (Å²) in [6.07, 6.45) is 2.46. The van der Waals surface area contributed by atoms with Crippen LogP contribution in [0.2, 0.25) is 5.02 Å². The van der Waals surface area contributed by atoms with Crippen LogP contribution in [-0.4, -0.2) is 54.0 Å². The van der Waals surface area contributed by atoms with E-state index < -0.39 is 0 Å². The fraction of sp³-hybridized carbons (Fsp3) is 0.500. The van der Waals surface area contributed by atoms with Crippen LogP contribution in [0, 0.1) is 0 Å². The van der Waals surface area contributed by atoms with E-state index in [0.717, 1.165) is 24.8 Å². The maximum absolute atomic E-state index is 13.4. The van der Waals surface area contributed by atoms with Crippen molar-refractivity contribution >= 4 is 34.9 Å². The van der Waals surface area contributed by atoms with Crippen molar-refractivity contribution in [2.75, 3.05) is 26.2 Å². The fourth-order valence-corrected chi connectivity index (χ4v) is 4.85. The van der Waals surface area contributed by atoms with Crippen molar-refractivity contribution in [3.05, 3.63) is 51.2 Å². The summed E-state index contributed by atoms with van der Waals surface area (Å²) in [5.41, 5.74) is 1.13. The van der Waals surface area contributed by atoms with Crippen molar-refractivity contribution in [2.24, 2.45) is 0 Å². The van der Waals surface area contributed by atoms with Gasteiger partial charge in [-0.05, 0) is 67.5 Å². The molecule has 3 rings (SSSR count). The zero-order chi connectivity index (χ0) is 23.1. The normalized spacial score (nSPS) is 16.2. The number of ether oxygens (including phenoxy) is 1. The third kappa shape index (κ3) is 5.95. The first-order valence-corrected chi connectivity index (χ1v) is 12.5. The molecular weight excluding hydrogens is 446 g/mol. The predicted octanol–water partition coefficient (Wildman–Crippen LogP) is 5.13. The van der Waals surface area contributed by atoms with Crippen LogP contribution in [0.5, 0.6) is 5.75 Å². The summed E-state index contributed by atoms with van der Waals surface area (Å²) < 4.78 is 6.04. The van der Waals surface area contributed by atoms with Crippen molar-refractivity contribution < 1.29 is 14.3 Å². The van der Waals surface area contributed by atoms with Gasteiger partial charge in [0.25, 0.3) is 0 Å². The van der Waals surface area contributed by atoms with Crippen molar-refractivity contribution in [1.29, 1.82) is 0 Å². The highest BCUT2D eigenvalue weighted by Crippen LogP contribution is 2.34. The molecule has 1 aromatic heterocycles. The zero-order valence-electron chi connectivity index (χ0n) is 19.0. The topological polar surface area (TPSA) is 61.9 Å². The summed E-state index contributed by atoms with van der Waals surface area (Å²) in [5, 5.41) is 5.63. The van der Waals surface area contributed by atoms with Crippen LogP contribution in [0.25, 0.3) is 0 Å². The number of rotatable bonds is 9. The van der Waals surface area contributed by atoms with Crippen LogP contribution in [0.15, 0.2) is 35.7 Å². The number of carbonyl (C=O) groups is 2. The van der Waals surface area contributed by atoms with Crippen molar-refractivity contribution in [2.45, 2.75) is 52.1 Å². The highest BCUT2D eigenvalue weighted by Gasteiger charge is 2.34. The molecule has 1 aromatic carbocycles. The standard InChI is InChI=1S/C24H32ClN3O3S/c1-4-12-26-24(30)28(17(3)5-2)15-23(29)27-13-10-22-20(11-14-32-22)21(27)16-31-19-8-6-18(25)7-9-19/h6-9,11,14,17,21H,4-5,10,12-13,15-16H2,1-3H3,(H,26,30)/t17-,21-/m1/s1. The average molecular weight is 478 g/mol. The summed E-state index contributed by atoms with van der Waals surface area (Å²) in [7, 11) is 0. The van der Waals surface area contributed by atoms with E-state index in [1.54, 1.807) is 28.4 Å². The lowest BCUT2D eigenvalue weighted by atomic mass is 10.00. The number of thiophene rings is 1. The monoisotopic (exact) mass is 477 g/mol. The highest BCUT2D eigenvalue weighted by atomic mass is 35.5. The Morgan fingerprint density at radius 3 is 2.72 bits per heavy atom. The minimum atomic E-state index is -0.189. The van der Waals surface area contributed by atoms with E-state index in [4.69, 9.17) is 16.3 Å². The van der Waals surface area contributed by atoms with Crippen molar-refractivity contribution in [3.8, 4) is 5.75 Å². The lowest BCUT2D eigenvalue weighted by Gasteiger charge is -2.38. The van der Waals surface area contributed by atoms with E-state index in [1.807, 2.05) is 37.8 Å². The van der Waals surface area contributed by atoms with Gasteiger partial charge in [0.1, 0.15) is 18.9 Å². The summed E-state index contributed by atoms with van der Waals surface area (Å²) in [5.74, 6) is 0.655. The van der Waals surface area contributed by atoms with Crippen LogP contribution in [0.3, 0.4) is 0 Å². The van der Waals surface area contributed by atoms with E-state index in [-0.39, 0.29) is 30.6 Å². The molecule has 2 aromatic rings. The van der Waals surface area contributed by atoms with Gasteiger partial charge in [0.15, 0.2) is 0 Å². The zero-order valence-corrected chi connectivity index (χ0v) is 20.5. The van der Waals surface area contributed by atoms with Gasteiger partial charge in [-0.15, -0.1) is 11.3 Å². The molecule has 0 saturated heterocycles. The van der Waals surface area contributed by atoms with Gasteiger partial charge in [0.2, 0.25) is 5.91 Å². The number of nitrogens with one attached hydrogen (secondary N) is 1. The molecule has 0 radical (unpaired) electrons. The molecule has 1 N–H and O–H groups in total. The van der Waals surface area contributed by atoms with Gasteiger partial charge in [-0.25, -0.2) is 4.79 Å². The second kappa shape index (κ2) is 11.6. The number of urea groups is 1. The number of fused-ring (bicyclic) bond motifs is 1. The number of nitrogens with zero attached hydrogens (tertiary/aromatic N) is 2. The maximum atomic E-state index is 13.4. The van der Waals surface area contributed by atoms with Crippen molar-refractivity contribution in [3.63, 3.8) is 0 Å². The number of carbonyl (C=O) groups excluding carboxylic acids is 2. The highest BCUT2D eigenvalue weighted by molar-refractivity contribution is 7.10. The molecule has 0 spiro atoms. The van der Waals surface area contributed by atoms with Gasteiger partial charge in [-0.1, -0.05) is 25.4 Å². The summed E-state index contributed by atoms with van der Waals surface area (Å²) in [6.45, 7) is 7.63. The van der Waals surface area contributed by atoms with E-state index in [1.165, 1.54) is 4.88 Å². The number of benzene rings is 1. The van der Waals surface area contributed by atoms with Crippen LogP contribution >= 0.6 is 22.9 Å². The number of amides is 3. The van der Waals surface area contributed by atoms with Crippen LogP contribution in [0.1, 0.15) is 50.1 Å². The summed E-state index contributed by atoms with van der Waals surface area (Å²) in [4.78, 5) is 31.0. The van der Waals surface area contributed by atoms with E-state index in [0.29, 0.717) is 30.5 Å². The quantitative estimate of drug-likeness (QED) is 0.544. The minimum Gasteiger partial charge on any atom is -0.491 e. The molecule has 0 aliphatic carbocycles. The minimum absolute atomic E-state index is 0.0268. The molecule has 0 bridgehead atoms. The molecule has 2 atom stereocenters. The molecule has 8 heteroatoms. The number of hydrogen-bond acceptors (Lipinski definition) is 4. The Morgan fingerprint density at radius 1 is 1.28 bits per heavy atom. The van der Waals surface area contributed by atoms with E-state index in [9.17, 15) is 9.59 Å². The summed E-state index contributed by atoms with van der Waals surface area (Å²) >= 11 is 7.69. The number of halogens is 1. The van der Waals surface area contributed by atoms with E-state index >= 15 is 0 Å². The molecule has 0 unspecified atom stereocenters. The Bertz CT molecular complexity index is 902.